The van der Waals surface area contributed by atoms with Gasteiger partial charge in [0.15, 0.2) is 0 Å². The van der Waals surface area contributed by atoms with Crippen molar-refractivity contribution in [2.75, 3.05) is 5.65 Å². The molecule has 0 rings (SSSR count). The normalized spacial score (nSPS) is 11.5. The van der Waals surface area contributed by atoms with E-state index < -0.39 is 15.8 Å². The highest BCUT2D eigenvalue weighted by molar-refractivity contribution is 7.86. The molecule has 1 N–H and O–H groups in total. The van der Waals surface area contributed by atoms with E-state index in [1.165, 1.54) is 0 Å². The van der Waals surface area contributed by atoms with E-state index in [1.54, 1.807) is 0 Å². The van der Waals surface area contributed by atoms with Crippen molar-refractivity contribution in [3.05, 3.63) is 0 Å². The maximum absolute atomic E-state index is 9.43. The molecule has 0 aromatic rings. The van der Waals surface area contributed by atoms with Gasteiger partial charge in [-0.05, 0) is 0 Å². The van der Waals surface area contributed by atoms with Crippen LogP contribution in [-0.2, 0) is 10.1 Å². The Kier molecular flexibility index (Phi) is 1.61. The molecule has 0 spiro atoms. The Morgan fingerprint density at radius 3 is 1.83 bits per heavy atom. The van der Waals surface area contributed by atoms with E-state index in [4.69, 9.17) is 4.55 Å². The summed E-state index contributed by atoms with van der Waals surface area (Å²) in [6.45, 7) is 0. The highest BCUT2D eigenvalue weighted by Crippen LogP contribution is 1.70. The standard InChI is InChI=1S/CH3BO3S/c2-1-6(3,4)5/h1H2,(H,3,4,5). The molecule has 0 amide bonds. The fourth-order valence-corrected chi connectivity index (χ4v) is 0. The monoisotopic (exact) mass is 106 g/mol. The first-order valence-corrected chi connectivity index (χ1v) is 2.82. The maximum Gasteiger partial charge on any atom is 0.256 e. The first kappa shape index (κ1) is 5.97. The molecule has 2 radical (unpaired) electrons. The summed E-state index contributed by atoms with van der Waals surface area (Å²) in [7, 11) is 0.583. The van der Waals surface area contributed by atoms with Gasteiger partial charge in [0.05, 0.1) is 7.85 Å². The van der Waals surface area contributed by atoms with E-state index in [9.17, 15) is 8.42 Å². The summed E-state index contributed by atoms with van der Waals surface area (Å²) in [6, 6.07) is 0. The van der Waals surface area contributed by atoms with Gasteiger partial charge >= 0.3 is 0 Å². The average Bonchev–Trinajstić information content (AvgIpc) is 1.35. The summed E-state index contributed by atoms with van der Waals surface area (Å²) in [5.74, 6) is 0. The molecule has 0 saturated carbocycles. The second-order valence-corrected chi connectivity index (χ2v) is 2.25. The van der Waals surface area contributed by atoms with Gasteiger partial charge in [0.2, 0.25) is 0 Å². The van der Waals surface area contributed by atoms with Crippen LogP contribution in [0.25, 0.3) is 0 Å². The molecular weight excluding hydrogens is 103 g/mol. The lowest BCUT2D eigenvalue weighted by Crippen LogP contribution is -2.01. The zero-order chi connectivity index (χ0) is 5.21. The molecule has 0 heterocycles. The van der Waals surface area contributed by atoms with Gasteiger partial charge in [0.25, 0.3) is 10.1 Å². The second-order valence-electron chi connectivity index (χ2n) is 0.749. The van der Waals surface area contributed by atoms with Gasteiger partial charge in [0.1, 0.15) is 0 Å². The molecule has 0 atom stereocenters. The van der Waals surface area contributed by atoms with Crippen LogP contribution in [-0.4, -0.2) is 26.5 Å². The third-order valence-electron chi connectivity index (χ3n) is 0.211. The Morgan fingerprint density at radius 1 is 1.67 bits per heavy atom. The Morgan fingerprint density at radius 2 is 1.83 bits per heavy atom. The molecule has 0 unspecified atom stereocenters. The predicted molar refractivity (Wildman–Crippen MR) is 22.2 cm³/mol. The molecule has 0 aromatic heterocycles. The first-order chi connectivity index (χ1) is 2.56. The van der Waals surface area contributed by atoms with Crippen LogP contribution >= 0.6 is 0 Å². The quantitative estimate of drug-likeness (QED) is 0.344. The van der Waals surface area contributed by atoms with Crippen molar-refractivity contribution >= 4 is 18.0 Å². The molecule has 0 saturated heterocycles. The third-order valence-corrected chi connectivity index (χ3v) is 0.632. The van der Waals surface area contributed by atoms with Crippen LogP contribution in [0.3, 0.4) is 0 Å². The number of rotatable bonds is 1. The van der Waals surface area contributed by atoms with Crippen molar-refractivity contribution in [1.29, 1.82) is 0 Å². The molecule has 0 fully saturated rings. The van der Waals surface area contributed by atoms with E-state index in [1.807, 2.05) is 0 Å². The van der Waals surface area contributed by atoms with E-state index in [-0.39, 0.29) is 0 Å². The van der Waals surface area contributed by atoms with Crippen LogP contribution in [0.2, 0.25) is 0 Å². The van der Waals surface area contributed by atoms with Crippen LogP contribution in [0.1, 0.15) is 0 Å². The number of hydrogen-bond acceptors (Lipinski definition) is 2. The lowest BCUT2D eigenvalue weighted by molar-refractivity contribution is 0.488. The van der Waals surface area contributed by atoms with Gasteiger partial charge in [-0.1, -0.05) is 0 Å². The van der Waals surface area contributed by atoms with Gasteiger partial charge in [-0.15, -0.1) is 0 Å². The highest BCUT2D eigenvalue weighted by Gasteiger charge is 1.93. The van der Waals surface area contributed by atoms with E-state index >= 15 is 0 Å². The summed E-state index contributed by atoms with van der Waals surface area (Å²) in [5.41, 5.74) is -0.701. The van der Waals surface area contributed by atoms with E-state index in [0.717, 1.165) is 0 Å². The zero-order valence-corrected chi connectivity index (χ0v) is 3.77. The van der Waals surface area contributed by atoms with E-state index in [2.05, 4.69) is 7.85 Å². The third kappa shape index (κ3) is 3.97. The van der Waals surface area contributed by atoms with Gasteiger partial charge in [-0.25, -0.2) is 8.42 Å². The SMILES string of the molecule is [B]CS(=O)(=O)O. The topological polar surface area (TPSA) is 54.4 Å². The molecule has 0 aliphatic rings. The van der Waals surface area contributed by atoms with Crippen molar-refractivity contribution in [3.63, 3.8) is 0 Å². The lowest BCUT2D eigenvalue weighted by Gasteiger charge is -1.80. The lowest BCUT2D eigenvalue weighted by atomic mass is 10.2. The minimum atomic E-state index is -3.88. The van der Waals surface area contributed by atoms with Crippen molar-refractivity contribution in [1.82, 2.24) is 0 Å². The summed E-state index contributed by atoms with van der Waals surface area (Å²) >= 11 is 0. The Hall–Kier alpha value is -0.0251. The van der Waals surface area contributed by atoms with Crippen molar-refractivity contribution in [3.8, 4) is 0 Å². The summed E-state index contributed by atoms with van der Waals surface area (Å²) < 4.78 is 26.5. The van der Waals surface area contributed by atoms with Crippen molar-refractivity contribution in [2.45, 2.75) is 0 Å². The molecule has 0 aliphatic heterocycles. The largest absolute Gasteiger partial charge is 0.286 e. The Balaban J connectivity index is 3.85. The molecule has 0 aromatic carbocycles. The van der Waals surface area contributed by atoms with Crippen LogP contribution < -0.4 is 0 Å². The van der Waals surface area contributed by atoms with Crippen LogP contribution in [0, 0.1) is 0 Å². The van der Waals surface area contributed by atoms with Gasteiger partial charge in [0, 0.05) is 5.65 Å². The molecule has 0 bridgehead atoms. The summed E-state index contributed by atoms with van der Waals surface area (Å²) in [6.07, 6.45) is 0. The maximum atomic E-state index is 9.43. The Bertz CT molecular complexity index is 113. The molecular formula is CH3BO3S. The first-order valence-electron chi connectivity index (χ1n) is 1.21. The second kappa shape index (κ2) is 1.62. The minimum Gasteiger partial charge on any atom is -0.286 e. The number of hydrogen-bond donors (Lipinski definition) is 1. The fourth-order valence-electron chi connectivity index (χ4n) is 0. The average molecular weight is 106 g/mol. The highest BCUT2D eigenvalue weighted by atomic mass is 32.2. The molecule has 6 heavy (non-hydrogen) atoms. The molecule has 0 aliphatic carbocycles. The Labute approximate surface area is 37.5 Å². The van der Waals surface area contributed by atoms with Gasteiger partial charge in [-0.2, -0.15) is 0 Å². The fraction of sp³-hybridized carbons (Fsp3) is 1.00. The minimum absolute atomic E-state index is 0.701. The molecule has 34 valence electrons. The molecule has 3 nitrogen and oxygen atoms in total. The van der Waals surface area contributed by atoms with Crippen molar-refractivity contribution in [2.24, 2.45) is 0 Å². The zero-order valence-electron chi connectivity index (χ0n) is 2.96. The van der Waals surface area contributed by atoms with Gasteiger partial charge < -0.3 is 0 Å². The van der Waals surface area contributed by atoms with Crippen LogP contribution in [0.4, 0.5) is 0 Å². The van der Waals surface area contributed by atoms with Gasteiger partial charge in [-0.3, -0.25) is 4.55 Å². The smallest absolute Gasteiger partial charge is 0.256 e. The summed E-state index contributed by atoms with van der Waals surface area (Å²) in [5, 5.41) is 0. The van der Waals surface area contributed by atoms with Crippen LogP contribution in [0.15, 0.2) is 0 Å². The van der Waals surface area contributed by atoms with Crippen LogP contribution in [0.5, 0.6) is 0 Å². The molecule has 5 heteroatoms. The van der Waals surface area contributed by atoms with E-state index in [0.29, 0.717) is 0 Å². The van der Waals surface area contributed by atoms with Crippen molar-refractivity contribution < 1.29 is 13.0 Å². The summed E-state index contributed by atoms with van der Waals surface area (Å²) in [4.78, 5) is 0. The predicted octanol–water partition coefficient (Wildman–Crippen LogP) is -1.000.